The Hall–Kier alpha value is -1.89. The number of nitro groups is 1. The molecule has 0 aliphatic carbocycles. The van der Waals surface area contributed by atoms with E-state index < -0.39 is 4.92 Å². The smallest absolute Gasteiger partial charge is 0.287 e. The number of hydrogen-bond acceptors (Lipinski definition) is 4. The maximum atomic E-state index is 12.0. The Morgan fingerprint density at radius 2 is 2.22 bits per heavy atom. The van der Waals surface area contributed by atoms with Crippen LogP contribution in [0.4, 0.5) is 5.69 Å². The first-order valence-electron chi connectivity index (χ1n) is 5.68. The maximum absolute atomic E-state index is 12.0. The van der Waals surface area contributed by atoms with Crippen molar-refractivity contribution in [1.82, 2.24) is 9.88 Å². The van der Waals surface area contributed by atoms with Crippen LogP contribution in [0.3, 0.4) is 0 Å². The van der Waals surface area contributed by atoms with Crippen LogP contribution in [0.1, 0.15) is 24.3 Å². The molecule has 7 heteroatoms. The number of hydrogen-bond donors (Lipinski definition) is 2. The normalized spacial score (nSPS) is 12.5. The molecule has 3 N–H and O–H groups in total. The molecule has 0 aliphatic rings. The largest absolute Gasteiger partial charge is 0.346 e. The third kappa shape index (κ3) is 3.07. The highest BCUT2D eigenvalue weighted by molar-refractivity contribution is 5.93. The van der Waals surface area contributed by atoms with Crippen molar-refractivity contribution in [3.05, 3.63) is 28.1 Å². The van der Waals surface area contributed by atoms with Gasteiger partial charge in [0.1, 0.15) is 5.69 Å². The molecular weight excluding hydrogens is 236 g/mol. The summed E-state index contributed by atoms with van der Waals surface area (Å²) in [5.41, 5.74) is 5.71. The molecule has 1 rings (SSSR count). The Labute approximate surface area is 105 Å². The molecule has 0 fully saturated rings. The first kappa shape index (κ1) is 14.2. The van der Waals surface area contributed by atoms with Crippen LogP contribution in [0, 0.1) is 16.0 Å². The van der Waals surface area contributed by atoms with Crippen LogP contribution in [-0.2, 0) is 7.05 Å². The van der Waals surface area contributed by atoms with Crippen LogP contribution in [-0.4, -0.2) is 28.0 Å². The van der Waals surface area contributed by atoms with Crippen molar-refractivity contribution in [2.45, 2.75) is 19.9 Å². The van der Waals surface area contributed by atoms with Gasteiger partial charge in [0.2, 0.25) is 0 Å². The number of amides is 1. The standard InChI is InChI=1S/C11H18N4O3/c1-7(2)9(5-12)13-11(16)10-4-8(15(17)18)6-14(10)3/h4,6-7,9H,5,12H2,1-3H3,(H,13,16). The molecule has 0 aliphatic heterocycles. The quantitative estimate of drug-likeness (QED) is 0.594. The van der Waals surface area contributed by atoms with Gasteiger partial charge in [-0.05, 0) is 5.92 Å². The molecule has 1 unspecified atom stereocenters. The second-order valence-corrected chi connectivity index (χ2v) is 4.51. The van der Waals surface area contributed by atoms with Gasteiger partial charge in [-0.15, -0.1) is 0 Å². The van der Waals surface area contributed by atoms with Gasteiger partial charge in [0, 0.05) is 25.7 Å². The van der Waals surface area contributed by atoms with Crippen LogP contribution in [0.25, 0.3) is 0 Å². The summed E-state index contributed by atoms with van der Waals surface area (Å²) >= 11 is 0. The first-order valence-corrected chi connectivity index (χ1v) is 5.68. The molecule has 1 heterocycles. The van der Waals surface area contributed by atoms with Crippen molar-refractivity contribution in [3.8, 4) is 0 Å². The summed E-state index contributed by atoms with van der Waals surface area (Å²) in [6, 6.07) is 1.11. The minimum Gasteiger partial charge on any atom is -0.346 e. The monoisotopic (exact) mass is 254 g/mol. The SMILES string of the molecule is CC(C)C(CN)NC(=O)c1cc([N+](=O)[O-])cn1C. The molecule has 0 saturated carbocycles. The average molecular weight is 254 g/mol. The van der Waals surface area contributed by atoms with Gasteiger partial charge < -0.3 is 15.6 Å². The van der Waals surface area contributed by atoms with E-state index in [9.17, 15) is 14.9 Å². The number of nitrogens with one attached hydrogen (secondary N) is 1. The van der Waals surface area contributed by atoms with Crippen molar-refractivity contribution in [2.24, 2.45) is 18.7 Å². The van der Waals surface area contributed by atoms with Crippen molar-refractivity contribution >= 4 is 11.6 Å². The fourth-order valence-corrected chi connectivity index (χ4v) is 1.61. The molecule has 100 valence electrons. The number of aryl methyl sites for hydroxylation is 1. The molecular formula is C11H18N4O3. The maximum Gasteiger partial charge on any atom is 0.287 e. The summed E-state index contributed by atoms with van der Waals surface area (Å²) in [5, 5.41) is 13.4. The van der Waals surface area contributed by atoms with E-state index >= 15 is 0 Å². The Balaban J connectivity index is 2.87. The number of rotatable bonds is 5. The van der Waals surface area contributed by atoms with Crippen molar-refractivity contribution in [3.63, 3.8) is 0 Å². The Bertz CT molecular complexity index is 453. The van der Waals surface area contributed by atoms with Gasteiger partial charge in [-0.1, -0.05) is 13.8 Å². The Morgan fingerprint density at radius 3 is 2.61 bits per heavy atom. The van der Waals surface area contributed by atoms with Gasteiger partial charge in [-0.3, -0.25) is 14.9 Å². The molecule has 0 spiro atoms. The third-order valence-corrected chi connectivity index (χ3v) is 2.81. The van der Waals surface area contributed by atoms with Crippen molar-refractivity contribution in [2.75, 3.05) is 6.54 Å². The summed E-state index contributed by atoms with van der Waals surface area (Å²) in [4.78, 5) is 22.1. The third-order valence-electron chi connectivity index (χ3n) is 2.81. The zero-order chi connectivity index (χ0) is 13.9. The van der Waals surface area contributed by atoms with E-state index in [0.717, 1.165) is 0 Å². The van der Waals surface area contributed by atoms with Gasteiger partial charge in [0.05, 0.1) is 11.1 Å². The minimum atomic E-state index is -0.528. The number of nitrogens with zero attached hydrogens (tertiary/aromatic N) is 2. The fourth-order valence-electron chi connectivity index (χ4n) is 1.61. The predicted octanol–water partition coefficient (Wildman–Crippen LogP) is 0.646. The number of aromatic nitrogens is 1. The van der Waals surface area contributed by atoms with Crippen LogP contribution in [0.5, 0.6) is 0 Å². The van der Waals surface area contributed by atoms with Gasteiger partial charge in [0.25, 0.3) is 11.6 Å². The van der Waals surface area contributed by atoms with Crippen molar-refractivity contribution in [1.29, 1.82) is 0 Å². The topological polar surface area (TPSA) is 103 Å². The highest BCUT2D eigenvalue weighted by Crippen LogP contribution is 2.15. The van der Waals surface area contributed by atoms with Gasteiger partial charge >= 0.3 is 0 Å². The van der Waals surface area contributed by atoms with E-state index in [4.69, 9.17) is 5.73 Å². The predicted molar refractivity (Wildman–Crippen MR) is 67.2 cm³/mol. The van der Waals surface area contributed by atoms with Crippen LogP contribution < -0.4 is 11.1 Å². The highest BCUT2D eigenvalue weighted by Gasteiger charge is 2.20. The first-order chi connectivity index (χ1) is 8.36. The molecule has 1 amide bonds. The summed E-state index contributed by atoms with van der Waals surface area (Å²) in [6.45, 7) is 4.23. The van der Waals surface area contributed by atoms with Crippen LogP contribution >= 0.6 is 0 Å². The lowest BCUT2D eigenvalue weighted by Gasteiger charge is -2.20. The number of carbonyl (C=O) groups is 1. The Morgan fingerprint density at radius 1 is 1.61 bits per heavy atom. The van der Waals surface area contributed by atoms with Gasteiger partial charge in [-0.25, -0.2) is 0 Å². The molecule has 1 aromatic heterocycles. The van der Waals surface area contributed by atoms with E-state index in [2.05, 4.69) is 5.32 Å². The molecule has 18 heavy (non-hydrogen) atoms. The molecule has 0 aromatic carbocycles. The number of carbonyl (C=O) groups excluding carboxylic acids is 1. The van der Waals surface area contributed by atoms with Crippen LogP contribution in [0.15, 0.2) is 12.3 Å². The van der Waals surface area contributed by atoms with E-state index in [1.54, 1.807) is 7.05 Å². The molecule has 0 radical (unpaired) electrons. The summed E-state index contributed by atoms with van der Waals surface area (Å²) in [5.74, 6) is -0.149. The lowest BCUT2D eigenvalue weighted by Crippen LogP contribution is -2.44. The minimum absolute atomic E-state index is 0.100. The zero-order valence-electron chi connectivity index (χ0n) is 10.7. The second kappa shape index (κ2) is 5.63. The lowest BCUT2D eigenvalue weighted by molar-refractivity contribution is -0.384. The molecule has 0 bridgehead atoms. The summed E-state index contributed by atoms with van der Waals surface area (Å²) in [7, 11) is 1.59. The average Bonchev–Trinajstić information content (AvgIpc) is 2.67. The Kier molecular flexibility index (Phi) is 4.43. The molecule has 0 saturated heterocycles. The lowest BCUT2D eigenvalue weighted by atomic mass is 10.0. The summed E-state index contributed by atoms with van der Waals surface area (Å²) in [6.07, 6.45) is 1.31. The van der Waals surface area contributed by atoms with Gasteiger partial charge in [-0.2, -0.15) is 0 Å². The second-order valence-electron chi connectivity index (χ2n) is 4.51. The van der Waals surface area contributed by atoms with Crippen molar-refractivity contribution < 1.29 is 9.72 Å². The fraction of sp³-hybridized carbons (Fsp3) is 0.545. The van der Waals surface area contributed by atoms with Crippen LogP contribution in [0.2, 0.25) is 0 Å². The van der Waals surface area contributed by atoms with E-state index in [1.807, 2.05) is 13.8 Å². The molecule has 1 aromatic rings. The van der Waals surface area contributed by atoms with E-state index in [0.29, 0.717) is 6.54 Å². The van der Waals surface area contributed by atoms with E-state index in [1.165, 1.54) is 16.8 Å². The van der Waals surface area contributed by atoms with Gasteiger partial charge in [0.15, 0.2) is 0 Å². The summed E-state index contributed by atoms with van der Waals surface area (Å²) < 4.78 is 1.43. The molecule has 7 nitrogen and oxygen atoms in total. The van der Waals surface area contributed by atoms with E-state index in [-0.39, 0.29) is 29.2 Å². The number of nitrogens with two attached hydrogens (primary N) is 1. The highest BCUT2D eigenvalue weighted by atomic mass is 16.6. The zero-order valence-corrected chi connectivity index (χ0v) is 10.7. The molecule has 1 atom stereocenters.